The molecule has 1 aliphatic rings. The fraction of sp³-hybridized carbons (Fsp3) is 0.440. The zero-order valence-corrected chi connectivity index (χ0v) is 18.6. The van der Waals surface area contributed by atoms with E-state index in [2.05, 4.69) is 6.07 Å². The molecule has 0 bridgehead atoms. The van der Waals surface area contributed by atoms with Crippen molar-refractivity contribution in [2.75, 3.05) is 26.3 Å². The first-order chi connectivity index (χ1) is 15.4. The lowest BCUT2D eigenvalue weighted by Gasteiger charge is -2.33. The fourth-order valence-corrected chi connectivity index (χ4v) is 4.45. The van der Waals surface area contributed by atoms with Crippen LogP contribution in [0.5, 0.6) is 0 Å². The van der Waals surface area contributed by atoms with Crippen LogP contribution in [-0.2, 0) is 18.2 Å². The summed E-state index contributed by atoms with van der Waals surface area (Å²) in [6.45, 7) is 3.95. The molecule has 2 aromatic carbocycles. The Morgan fingerprint density at radius 2 is 1.97 bits per heavy atom. The van der Waals surface area contributed by atoms with Crippen LogP contribution in [0, 0.1) is 11.3 Å². The molecule has 3 aromatic rings. The fourth-order valence-electron chi connectivity index (χ4n) is 4.45. The summed E-state index contributed by atoms with van der Waals surface area (Å²) >= 11 is 0. The molecule has 2 atom stereocenters. The van der Waals surface area contributed by atoms with E-state index < -0.39 is 5.60 Å². The number of fused-ring (bicyclic) bond motifs is 1. The minimum atomic E-state index is -0.907. The smallest absolute Gasteiger partial charge is 0.408 e. The molecular weight excluding hydrogens is 406 g/mol. The van der Waals surface area contributed by atoms with Gasteiger partial charge in [0.15, 0.2) is 5.58 Å². The van der Waals surface area contributed by atoms with Crippen LogP contribution in [0.25, 0.3) is 22.2 Å². The van der Waals surface area contributed by atoms with Gasteiger partial charge in [-0.15, -0.1) is 0 Å². The molecule has 1 saturated heterocycles. The summed E-state index contributed by atoms with van der Waals surface area (Å²) in [6.07, 6.45) is 2.10. The Morgan fingerprint density at radius 3 is 2.69 bits per heavy atom. The number of aromatic nitrogens is 1. The number of nitrogens with zero attached hydrogens (tertiary/aromatic N) is 3. The maximum absolute atomic E-state index is 11.7. The van der Waals surface area contributed by atoms with E-state index in [9.17, 15) is 15.2 Å². The summed E-state index contributed by atoms with van der Waals surface area (Å²) in [5.41, 5.74) is 3.49. The first kappa shape index (κ1) is 22.3. The van der Waals surface area contributed by atoms with Crippen LogP contribution in [0.1, 0.15) is 25.3 Å². The molecule has 0 amide bonds. The molecule has 0 saturated carbocycles. The highest BCUT2D eigenvalue weighted by molar-refractivity contribution is 5.80. The molecule has 7 nitrogen and oxygen atoms in total. The van der Waals surface area contributed by atoms with Gasteiger partial charge in [0.25, 0.3) is 0 Å². The number of oxazole rings is 1. The molecule has 0 aliphatic carbocycles. The van der Waals surface area contributed by atoms with Crippen molar-refractivity contribution in [3.05, 3.63) is 58.6 Å². The lowest BCUT2D eigenvalue weighted by molar-refractivity contribution is -0.0442. The molecule has 168 valence electrons. The number of hydrogen-bond donors (Lipinski definition) is 1. The average molecular weight is 436 g/mol. The molecule has 1 fully saturated rings. The Labute approximate surface area is 187 Å². The summed E-state index contributed by atoms with van der Waals surface area (Å²) in [4.78, 5) is 13.8. The van der Waals surface area contributed by atoms with Gasteiger partial charge in [-0.1, -0.05) is 43.7 Å². The van der Waals surface area contributed by atoms with E-state index in [1.165, 1.54) is 4.57 Å². The van der Waals surface area contributed by atoms with Gasteiger partial charge in [-0.25, -0.2) is 4.79 Å². The first-order valence-electron chi connectivity index (χ1n) is 11.0. The predicted octanol–water partition coefficient (Wildman–Crippen LogP) is 3.10. The number of aryl methyl sites for hydroxylation is 1. The van der Waals surface area contributed by atoms with Gasteiger partial charge < -0.3 is 14.3 Å². The van der Waals surface area contributed by atoms with Crippen LogP contribution in [0.4, 0.5) is 0 Å². The molecule has 0 spiro atoms. The van der Waals surface area contributed by atoms with Gasteiger partial charge in [-0.05, 0) is 35.2 Å². The third-order valence-electron chi connectivity index (χ3n) is 6.20. The van der Waals surface area contributed by atoms with E-state index in [4.69, 9.17) is 9.15 Å². The van der Waals surface area contributed by atoms with E-state index in [0.717, 1.165) is 28.6 Å². The van der Waals surface area contributed by atoms with Crippen molar-refractivity contribution in [1.29, 1.82) is 5.26 Å². The van der Waals surface area contributed by atoms with Crippen LogP contribution in [0.2, 0.25) is 0 Å². The maximum atomic E-state index is 11.7. The van der Waals surface area contributed by atoms with Crippen molar-refractivity contribution >= 4 is 11.1 Å². The highest BCUT2D eigenvalue weighted by atomic mass is 16.5. The minimum absolute atomic E-state index is 0.316. The molecule has 32 heavy (non-hydrogen) atoms. The number of ether oxygens (including phenoxy) is 1. The number of hydrogen-bond acceptors (Lipinski definition) is 6. The number of nitriles is 1. The Balaban J connectivity index is 1.50. The standard InChI is InChI=1S/C25H29N3O4/c1-3-10-25(30)16-28(11-12-31-17-25)21(15-26)13-18-4-6-19(7-5-18)20-8-9-23-22(14-20)27(2)24(29)32-23/h4-9,14,21,30H,3,10-13,16-17H2,1-2H3/t21-,25+/m0/s1. The van der Waals surface area contributed by atoms with E-state index in [1.54, 1.807) is 7.05 Å². The molecule has 1 aliphatic heterocycles. The van der Waals surface area contributed by atoms with Gasteiger partial charge in [0, 0.05) is 26.6 Å². The normalized spacial score (nSPS) is 20.7. The Morgan fingerprint density at radius 1 is 1.22 bits per heavy atom. The molecule has 0 unspecified atom stereocenters. The van der Waals surface area contributed by atoms with Gasteiger partial charge in [-0.2, -0.15) is 5.26 Å². The highest BCUT2D eigenvalue weighted by Gasteiger charge is 2.34. The molecule has 4 rings (SSSR count). The summed E-state index contributed by atoms with van der Waals surface area (Å²) in [5.74, 6) is -0.375. The van der Waals surface area contributed by atoms with Crippen LogP contribution in [-0.4, -0.2) is 52.5 Å². The molecular formula is C25H29N3O4. The second-order valence-electron chi connectivity index (χ2n) is 8.65. The van der Waals surface area contributed by atoms with Crippen LogP contribution < -0.4 is 5.76 Å². The first-order valence-corrected chi connectivity index (χ1v) is 11.0. The van der Waals surface area contributed by atoms with E-state index in [0.29, 0.717) is 44.7 Å². The van der Waals surface area contributed by atoms with Crippen LogP contribution in [0.3, 0.4) is 0 Å². The van der Waals surface area contributed by atoms with Gasteiger partial charge in [0.1, 0.15) is 11.6 Å². The predicted molar refractivity (Wildman–Crippen MR) is 122 cm³/mol. The van der Waals surface area contributed by atoms with Gasteiger partial charge in [-0.3, -0.25) is 9.47 Å². The summed E-state index contributed by atoms with van der Waals surface area (Å²) in [6, 6.07) is 15.9. The summed E-state index contributed by atoms with van der Waals surface area (Å²) < 4.78 is 12.3. The minimum Gasteiger partial charge on any atom is -0.408 e. The lowest BCUT2D eigenvalue weighted by Crippen LogP contribution is -2.48. The molecule has 1 aromatic heterocycles. The van der Waals surface area contributed by atoms with Crippen molar-refractivity contribution in [2.45, 2.75) is 37.8 Å². The third-order valence-corrected chi connectivity index (χ3v) is 6.20. The van der Waals surface area contributed by atoms with E-state index in [1.807, 2.05) is 54.3 Å². The topological polar surface area (TPSA) is 91.6 Å². The van der Waals surface area contributed by atoms with Gasteiger partial charge in [0.2, 0.25) is 0 Å². The van der Waals surface area contributed by atoms with E-state index >= 15 is 0 Å². The van der Waals surface area contributed by atoms with Crippen molar-refractivity contribution in [2.24, 2.45) is 7.05 Å². The largest absolute Gasteiger partial charge is 0.419 e. The molecule has 2 heterocycles. The average Bonchev–Trinajstić information content (AvgIpc) is 2.94. The van der Waals surface area contributed by atoms with Crippen molar-refractivity contribution in [1.82, 2.24) is 9.47 Å². The number of β-amino-alcohol motifs (C(OH)–C–C–N with tert-alkyl or cyclic N) is 1. The van der Waals surface area contributed by atoms with Crippen molar-refractivity contribution in [3.63, 3.8) is 0 Å². The number of benzene rings is 2. The molecule has 1 N–H and O–H groups in total. The number of rotatable bonds is 6. The Kier molecular flexibility index (Phi) is 6.47. The second-order valence-corrected chi connectivity index (χ2v) is 8.65. The van der Waals surface area contributed by atoms with Gasteiger partial charge >= 0.3 is 5.76 Å². The highest BCUT2D eigenvalue weighted by Crippen LogP contribution is 2.25. The maximum Gasteiger partial charge on any atom is 0.419 e. The van der Waals surface area contributed by atoms with Crippen molar-refractivity contribution in [3.8, 4) is 17.2 Å². The Hall–Kier alpha value is -2.92. The van der Waals surface area contributed by atoms with Crippen LogP contribution >= 0.6 is 0 Å². The lowest BCUT2D eigenvalue weighted by atomic mass is 9.96. The van der Waals surface area contributed by atoms with E-state index in [-0.39, 0.29) is 11.8 Å². The summed E-state index contributed by atoms with van der Waals surface area (Å²) in [7, 11) is 1.69. The second kappa shape index (κ2) is 9.29. The van der Waals surface area contributed by atoms with Crippen LogP contribution in [0.15, 0.2) is 51.7 Å². The van der Waals surface area contributed by atoms with Gasteiger partial charge in [0.05, 0.1) is 24.8 Å². The Bertz CT molecular complexity index is 1170. The monoisotopic (exact) mass is 435 g/mol. The van der Waals surface area contributed by atoms with Crippen molar-refractivity contribution < 1.29 is 14.3 Å². The SMILES string of the molecule is CCC[C@]1(O)COCCN([C@H](C#N)Cc2ccc(-c3ccc4oc(=O)n(C)c4c3)cc2)C1. The summed E-state index contributed by atoms with van der Waals surface area (Å²) in [5, 5.41) is 20.7. The zero-order chi connectivity index (χ0) is 22.7. The third kappa shape index (κ3) is 4.63. The zero-order valence-electron chi connectivity index (χ0n) is 18.6. The molecule has 7 heteroatoms. The quantitative estimate of drug-likeness (QED) is 0.640. The number of aliphatic hydroxyl groups is 1. The molecule has 0 radical (unpaired) electrons.